The van der Waals surface area contributed by atoms with Crippen LogP contribution < -0.4 is 9.47 Å². The number of aliphatic hydroxyl groups is 1. The topological polar surface area (TPSA) is 102 Å². The van der Waals surface area contributed by atoms with Crippen LogP contribution in [0.15, 0.2) is 68.9 Å². The highest BCUT2D eigenvalue weighted by Crippen LogP contribution is 2.42. The minimum atomic E-state index is -0.881. The summed E-state index contributed by atoms with van der Waals surface area (Å²) in [6.07, 6.45) is 4.58. The summed E-state index contributed by atoms with van der Waals surface area (Å²) >= 11 is 0. The first-order chi connectivity index (χ1) is 16.9. The number of hydrogen-bond acceptors (Lipinski definition) is 7. The number of methoxy groups -OCH3 is 1. The second-order valence-corrected chi connectivity index (χ2v) is 8.38. The molecule has 1 atom stereocenters. The van der Waals surface area contributed by atoms with Crippen molar-refractivity contribution in [3.05, 3.63) is 82.9 Å². The van der Waals surface area contributed by atoms with E-state index in [2.05, 4.69) is 6.92 Å². The van der Waals surface area contributed by atoms with Crippen molar-refractivity contribution >= 4 is 11.7 Å². The number of benzene rings is 1. The third-order valence-corrected chi connectivity index (χ3v) is 5.93. The van der Waals surface area contributed by atoms with E-state index in [0.717, 1.165) is 19.3 Å². The zero-order valence-corrected chi connectivity index (χ0v) is 20.1. The Kier molecular flexibility index (Phi) is 7.29. The molecule has 0 bridgehead atoms. The maximum Gasteiger partial charge on any atom is 0.290 e. The van der Waals surface area contributed by atoms with Crippen molar-refractivity contribution in [2.45, 2.75) is 45.7 Å². The number of unbranched alkanes of at least 4 members (excludes halogenated alkanes) is 2. The normalized spacial score (nSPS) is 15.7. The SMILES string of the molecule is CCCCCOc1ccc(C2C(C(=O)c3ccc(C)o3)=C(O)C(=O)N2Cc2ccco2)cc1OC. The molecule has 4 rings (SSSR count). The molecule has 1 amide bonds. The average molecular weight is 480 g/mol. The first-order valence-electron chi connectivity index (χ1n) is 11.6. The van der Waals surface area contributed by atoms with E-state index in [9.17, 15) is 14.7 Å². The Hall–Kier alpha value is -3.94. The largest absolute Gasteiger partial charge is 0.503 e. The van der Waals surface area contributed by atoms with Crippen LogP contribution in [-0.2, 0) is 11.3 Å². The van der Waals surface area contributed by atoms with Crippen LogP contribution in [0.5, 0.6) is 11.5 Å². The maximum atomic E-state index is 13.4. The number of ketones is 1. The number of nitrogens with zero attached hydrogens (tertiary/aromatic N) is 1. The fourth-order valence-electron chi connectivity index (χ4n) is 4.16. The van der Waals surface area contributed by atoms with E-state index in [0.29, 0.717) is 35.2 Å². The molecular formula is C27H29NO7. The molecule has 0 radical (unpaired) electrons. The molecule has 1 aliphatic heterocycles. The summed E-state index contributed by atoms with van der Waals surface area (Å²) in [6.45, 7) is 4.46. The molecule has 1 N–H and O–H groups in total. The molecule has 8 heteroatoms. The highest BCUT2D eigenvalue weighted by molar-refractivity contribution is 6.15. The molecule has 3 heterocycles. The molecule has 35 heavy (non-hydrogen) atoms. The van der Waals surface area contributed by atoms with Crippen molar-refractivity contribution in [3.8, 4) is 11.5 Å². The number of aryl methyl sites for hydroxylation is 1. The van der Waals surface area contributed by atoms with E-state index in [1.54, 1.807) is 43.3 Å². The number of furan rings is 2. The number of carbonyl (C=O) groups excluding carboxylic acids is 2. The van der Waals surface area contributed by atoms with Crippen molar-refractivity contribution in [2.75, 3.05) is 13.7 Å². The molecule has 0 saturated carbocycles. The molecule has 0 spiro atoms. The minimum Gasteiger partial charge on any atom is -0.503 e. The van der Waals surface area contributed by atoms with Gasteiger partial charge in [0.1, 0.15) is 11.5 Å². The van der Waals surface area contributed by atoms with E-state index in [1.165, 1.54) is 24.3 Å². The molecule has 0 saturated heterocycles. The Morgan fingerprint density at radius 3 is 2.63 bits per heavy atom. The van der Waals surface area contributed by atoms with E-state index in [1.807, 2.05) is 0 Å². The van der Waals surface area contributed by atoms with Gasteiger partial charge in [-0.15, -0.1) is 0 Å². The first kappa shape index (κ1) is 24.2. The van der Waals surface area contributed by atoms with Crippen LogP contribution in [-0.4, -0.2) is 35.4 Å². The monoisotopic (exact) mass is 479 g/mol. The second-order valence-electron chi connectivity index (χ2n) is 8.38. The van der Waals surface area contributed by atoms with E-state index in [4.69, 9.17) is 18.3 Å². The Labute approximate surface area is 203 Å². The van der Waals surface area contributed by atoms with Gasteiger partial charge in [0.25, 0.3) is 5.91 Å². The van der Waals surface area contributed by atoms with Crippen molar-refractivity contribution in [2.24, 2.45) is 0 Å². The lowest BCUT2D eigenvalue weighted by Crippen LogP contribution is -2.30. The highest BCUT2D eigenvalue weighted by atomic mass is 16.5. The van der Waals surface area contributed by atoms with Crippen molar-refractivity contribution in [1.82, 2.24) is 4.90 Å². The van der Waals surface area contributed by atoms with Gasteiger partial charge in [-0.05, 0) is 55.3 Å². The Balaban J connectivity index is 1.73. The first-order valence-corrected chi connectivity index (χ1v) is 11.6. The lowest BCUT2D eigenvalue weighted by Gasteiger charge is -2.26. The van der Waals surface area contributed by atoms with E-state index in [-0.39, 0.29) is 17.9 Å². The lowest BCUT2D eigenvalue weighted by molar-refractivity contribution is -0.130. The zero-order valence-electron chi connectivity index (χ0n) is 20.1. The second kappa shape index (κ2) is 10.5. The van der Waals surface area contributed by atoms with Crippen LogP contribution in [0.3, 0.4) is 0 Å². The van der Waals surface area contributed by atoms with E-state index >= 15 is 0 Å². The fraction of sp³-hybridized carbons (Fsp3) is 0.333. The Morgan fingerprint density at radius 1 is 1.14 bits per heavy atom. The van der Waals surface area contributed by atoms with Gasteiger partial charge in [-0.3, -0.25) is 9.59 Å². The summed E-state index contributed by atoms with van der Waals surface area (Å²) in [5.74, 6) is 0.304. The molecule has 184 valence electrons. The molecule has 0 aliphatic carbocycles. The van der Waals surface area contributed by atoms with Crippen LogP contribution in [0.4, 0.5) is 0 Å². The highest BCUT2D eigenvalue weighted by Gasteiger charge is 2.45. The summed E-state index contributed by atoms with van der Waals surface area (Å²) in [7, 11) is 1.53. The zero-order chi connectivity index (χ0) is 24.9. The van der Waals surface area contributed by atoms with Crippen LogP contribution >= 0.6 is 0 Å². The summed E-state index contributed by atoms with van der Waals surface area (Å²) in [5.41, 5.74) is 0.521. The smallest absolute Gasteiger partial charge is 0.290 e. The number of rotatable bonds is 11. The molecular weight excluding hydrogens is 450 g/mol. The fourth-order valence-corrected chi connectivity index (χ4v) is 4.16. The van der Waals surface area contributed by atoms with Crippen LogP contribution in [0.25, 0.3) is 0 Å². The molecule has 1 aromatic carbocycles. The number of hydrogen-bond donors (Lipinski definition) is 1. The number of aliphatic hydroxyl groups excluding tert-OH is 1. The van der Waals surface area contributed by atoms with E-state index < -0.39 is 23.5 Å². The molecule has 8 nitrogen and oxygen atoms in total. The molecule has 0 fully saturated rings. The van der Waals surface area contributed by atoms with Gasteiger partial charge in [-0.25, -0.2) is 0 Å². The Morgan fingerprint density at radius 2 is 1.97 bits per heavy atom. The number of ether oxygens (including phenoxy) is 2. The van der Waals surface area contributed by atoms with Gasteiger partial charge in [-0.1, -0.05) is 25.8 Å². The summed E-state index contributed by atoms with van der Waals surface area (Å²) < 4.78 is 22.4. The molecule has 2 aromatic heterocycles. The molecule has 1 unspecified atom stereocenters. The van der Waals surface area contributed by atoms with Crippen LogP contribution in [0.1, 0.15) is 59.9 Å². The predicted molar refractivity (Wildman–Crippen MR) is 127 cm³/mol. The van der Waals surface area contributed by atoms with Crippen LogP contribution in [0, 0.1) is 6.92 Å². The third-order valence-electron chi connectivity index (χ3n) is 5.93. The average Bonchev–Trinajstić information content (AvgIpc) is 3.59. The maximum absolute atomic E-state index is 13.4. The number of Topliss-reactive ketones (excluding diaryl/α,β-unsaturated/α-hetero) is 1. The summed E-state index contributed by atoms with van der Waals surface area (Å²) in [6, 6.07) is 11.0. The lowest BCUT2D eigenvalue weighted by atomic mass is 9.94. The standard InChI is InChI=1S/C27H29NO7/c1-4-5-6-13-34-20-12-10-18(15-22(20)32-3)24-23(25(29)21-11-9-17(2)35-21)26(30)27(31)28(24)16-19-8-7-14-33-19/h7-12,14-15,24,30H,4-6,13,16H2,1-3H3. The molecule has 1 aliphatic rings. The van der Waals surface area contributed by atoms with Gasteiger partial charge in [0, 0.05) is 0 Å². The minimum absolute atomic E-state index is 0.0459. The van der Waals surface area contributed by atoms with Gasteiger partial charge in [0.2, 0.25) is 5.78 Å². The molecule has 3 aromatic rings. The van der Waals surface area contributed by atoms with Gasteiger partial charge in [0.15, 0.2) is 23.0 Å². The summed E-state index contributed by atoms with van der Waals surface area (Å²) in [4.78, 5) is 27.9. The number of carbonyl (C=O) groups is 2. The third kappa shape index (κ3) is 4.96. The van der Waals surface area contributed by atoms with Crippen LogP contribution in [0.2, 0.25) is 0 Å². The Bertz CT molecular complexity index is 1220. The van der Waals surface area contributed by atoms with Crippen molar-refractivity contribution in [1.29, 1.82) is 0 Å². The quantitative estimate of drug-likeness (QED) is 0.285. The van der Waals surface area contributed by atoms with Gasteiger partial charge in [0.05, 0.1) is 38.1 Å². The summed E-state index contributed by atoms with van der Waals surface area (Å²) in [5, 5.41) is 10.8. The van der Waals surface area contributed by atoms with Crippen molar-refractivity contribution in [3.63, 3.8) is 0 Å². The number of amides is 1. The van der Waals surface area contributed by atoms with Gasteiger partial charge < -0.3 is 28.3 Å². The van der Waals surface area contributed by atoms with Gasteiger partial charge in [-0.2, -0.15) is 0 Å². The predicted octanol–water partition coefficient (Wildman–Crippen LogP) is 5.54. The van der Waals surface area contributed by atoms with Crippen molar-refractivity contribution < 1.29 is 33.0 Å². The van der Waals surface area contributed by atoms with Gasteiger partial charge >= 0.3 is 0 Å².